The van der Waals surface area contributed by atoms with Crippen molar-refractivity contribution in [3.63, 3.8) is 0 Å². The quantitative estimate of drug-likeness (QED) is 0.158. The number of benzene rings is 9. The van der Waals surface area contributed by atoms with E-state index in [9.17, 15) is 0 Å². The number of aromatic nitrogens is 3. The highest BCUT2D eigenvalue weighted by atomic mass is 16.3. The van der Waals surface area contributed by atoms with Crippen LogP contribution in [0.4, 0.5) is 0 Å². The number of hydrogen-bond acceptors (Lipinski definition) is 4. The van der Waals surface area contributed by atoms with Crippen LogP contribution in [0.5, 0.6) is 0 Å². The lowest BCUT2D eigenvalue weighted by Crippen LogP contribution is -1.96. The molecule has 0 aliphatic rings. The summed E-state index contributed by atoms with van der Waals surface area (Å²) in [5.74, 6) is 0.684. The maximum Gasteiger partial charge on any atom is 0.160 e. The Morgan fingerprint density at radius 2 is 0.885 bits per heavy atom. The summed E-state index contributed by atoms with van der Waals surface area (Å²) < 4.78 is 6.65. The summed E-state index contributed by atoms with van der Waals surface area (Å²) in [6.07, 6.45) is 0. The number of nitrogens with zero attached hydrogens (tertiary/aromatic N) is 3. The van der Waals surface area contributed by atoms with Crippen LogP contribution in [0.2, 0.25) is 0 Å². The van der Waals surface area contributed by atoms with Crippen molar-refractivity contribution in [2.24, 2.45) is 0 Å². The van der Waals surface area contributed by atoms with Gasteiger partial charge in [-0.05, 0) is 74.1 Å². The summed E-state index contributed by atoms with van der Waals surface area (Å²) >= 11 is 0. The molecule has 0 atom stereocenters. The zero-order chi connectivity index (χ0) is 40.3. The Bertz CT molecular complexity index is 3560. The topological polar surface area (TPSA) is 51.8 Å². The number of pyridine rings is 1. The van der Waals surface area contributed by atoms with Crippen LogP contribution in [0.15, 0.2) is 217 Å². The maximum atomic E-state index is 6.65. The normalized spacial score (nSPS) is 11.6. The van der Waals surface area contributed by atoms with E-state index in [1.54, 1.807) is 0 Å². The minimum Gasteiger partial charge on any atom is -0.455 e. The van der Waals surface area contributed by atoms with E-state index in [1.165, 1.54) is 32.7 Å². The summed E-state index contributed by atoms with van der Waals surface area (Å²) in [7, 11) is 0. The van der Waals surface area contributed by atoms with Gasteiger partial charge in [0.05, 0.1) is 28.0 Å². The number of furan rings is 1. The van der Waals surface area contributed by atoms with Gasteiger partial charge in [0.25, 0.3) is 0 Å². The second-order valence-electron chi connectivity index (χ2n) is 15.5. The third-order valence-corrected chi connectivity index (χ3v) is 11.9. The van der Waals surface area contributed by atoms with E-state index in [2.05, 4.69) is 164 Å². The second-order valence-corrected chi connectivity index (χ2v) is 15.5. The predicted octanol–water partition coefficient (Wildman–Crippen LogP) is 15.2. The van der Waals surface area contributed by atoms with Gasteiger partial charge < -0.3 is 4.42 Å². The molecule has 4 heteroatoms. The zero-order valence-corrected chi connectivity index (χ0v) is 33.0. The van der Waals surface area contributed by atoms with E-state index in [4.69, 9.17) is 19.4 Å². The first-order valence-electron chi connectivity index (χ1n) is 20.6. The SMILES string of the molecule is c1ccc(-c2cc(-c3ccccc3)nc(-c3ccc(-c4ccc5c(c4)nc(-c4ccc(-c6cc7ccccc7c7ccccc67)cc4)c4c6ccccc6oc54)cc3)n2)cc1. The van der Waals surface area contributed by atoms with E-state index >= 15 is 0 Å². The van der Waals surface area contributed by atoms with Gasteiger partial charge in [0.15, 0.2) is 5.82 Å². The first-order chi connectivity index (χ1) is 30.2. The first-order valence-corrected chi connectivity index (χ1v) is 20.6. The van der Waals surface area contributed by atoms with Crippen LogP contribution in [-0.4, -0.2) is 15.0 Å². The van der Waals surface area contributed by atoms with Gasteiger partial charge in [-0.15, -0.1) is 0 Å². The van der Waals surface area contributed by atoms with Crippen molar-refractivity contribution in [1.29, 1.82) is 0 Å². The third kappa shape index (κ3) is 6.04. The second kappa shape index (κ2) is 14.3. The third-order valence-electron chi connectivity index (χ3n) is 11.9. The molecule has 3 heterocycles. The van der Waals surface area contributed by atoms with Gasteiger partial charge in [-0.2, -0.15) is 0 Å². The van der Waals surface area contributed by atoms with E-state index in [1.807, 2.05) is 48.5 Å². The van der Waals surface area contributed by atoms with Crippen molar-refractivity contribution in [3.8, 4) is 67.4 Å². The molecular weight excluding hydrogens is 743 g/mol. The lowest BCUT2D eigenvalue weighted by molar-refractivity contribution is 0.672. The van der Waals surface area contributed by atoms with E-state index in [0.29, 0.717) is 5.82 Å². The van der Waals surface area contributed by atoms with Crippen LogP contribution >= 0.6 is 0 Å². The van der Waals surface area contributed by atoms with Crippen LogP contribution in [0.1, 0.15) is 0 Å². The fraction of sp³-hybridized carbons (Fsp3) is 0. The van der Waals surface area contributed by atoms with E-state index in [-0.39, 0.29) is 0 Å². The molecule has 0 amide bonds. The molecule has 61 heavy (non-hydrogen) atoms. The van der Waals surface area contributed by atoms with E-state index in [0.717, 1.165) is 83.3 Å². The zero-order valence-electron chi connectivity index (χ0n) is 33.0. The molecule has 0 saturated heterocycles. The average Bonchev–Trinajstić information content (AvgIpc) is 3.74. The summed E-state index contributed by atoms with van der Waals surface area (Å²) in [4.78, 5) is 15.5. The standard InChI is InChI=1S/C57H35N3O/c1-3-13-38(14-4-1)50-35-51(39-15-5-2-6-16-39)60-57(59-50)41-29-23-36(24-30-41)42-31-32-47-52(34-42)58-55(54-48-21-11-12-22-53(48)61-56(47)54)40-27-25-37(26-28-40)49-33-43-17-7-8-18-44(43)45-19-9-10-20-46(45)49/h1-35H. The van der Waals surface area contributed by atoms with Gasteiger partial charge in [-0.1, -0.05) is 182 Å². The highest BCUT2D eigenvalue weighted by molar-refractivity contribution is 6.19. The van der Waals surface area contributed by atoms with Gasteiger partial charge in [0, 0.05) is 33.0 Å². The minimum absolute atomic E-state index is 0.684. The Labute approximate surface area is 352 Å². The molecule has 0 bridgehead atoms. The molecule has 284 valence electrons. The Hall–Kier alpha value is -8.21. The molecule has 0 unspecified atom stereocenters. The van der Waals surface area contributed by atoms with Crippen molar-refractivity contribution >= 4 is 54.4 Å². The van der Waals surface area contributed by atoms with Crippen molar-refractivity contribution in [1.82, 2.24) is 15.0 Å². The predicted molar refractivity (Wildman–Crippen MR) is 252 cm³/mol. The summed E-state index contributed by atoms with van der Waals surface area (Å²) in [5.41, 5.74) is 13.9. The Balaban J connectivity index is 0.950. The van der Waals surface area contributed by atoms with Gasteiger partial charge in [0.1, 0.15) is 11.2 Å². The van der Waals surface area contributed by atoms with Gasteiger partial charge in [-0.3, -0.25) is 0 Å². The van der Waals surface area contributed by atoms with Crippen LogP contribution in [-0.2, 0) is 0 Å². The molecule has 0 spiro atoms. The summed E-state index contributed by atoms with van der Waals surface area (Å²) in [5, 5.41) is 8.06. The van der Waals surface area contributed by atoms with Crippen molar-refractivity contribution < 1.29 is 4.42 Å². The number of rotatable bonds is 6. The Morgan fingerprint density at radius 3 is 1.61 bits per heavy atom. The molecule has 12 aromatic rings. The van der Waals surface area contributed by atoms with Crippen LogP contribution in [0, 0.1) is 0 Å². The molecule has 9 aromatic carbocycles. The molecule has 3 aromatic heterocycles. The Kier molecular flexibility index (Phi) is 8.13. The van der Waals surface area contributed by atoms with Gasteiger partial charge in [-0.25, -0.2) is 15.0 Å². The van der Waals surface area contributed by atoms with Crippen molar-refractivity contribution in [2.75, 3.05) is 0 Å². The molecule has 0 aliphatic carbocycles. The lowest BCUT2D eigenvalue weighted by atomic mass is 9.92. The summed E-state index contributed by atoms with van der Waals surface area (Å²) in [6, 6.07) is 74.4. The van der Waals surface area contributed by atoms with Crippen molar-refractivity contribution in [2.45, 2.75) is 0 Å². The lowest BCUT2D eigenvalue weighted by Gasteiger charge is -2.12. The average molecular weight is 778 g/mol. The number of hydrogen-bond donors (Lipinski definition) is 0. The van der Waals surface area contributed by atoms with Gasteiger partial charge >= 0.3 is 0 Å². The molecule has 4 nitrogen and oxygen atoms in total. The molecular formula is C57H35N3O. The van der Waals surface area contributed by atoms with Crippen LogP contribution in [0.25, 0.3) is 122 Å². The first kappa shape index (κ1) is 34.8. The highest BCUT2D eigenvalue weighted by Crippen LogP contribution is 2.42. The maximum absolute atomic E-state index is 6.65. The van der Waals surface area contributed by atoms with E-state index < -0.39 is 0 Å². The largest absolute Gasteiger partial charge is 0.455 e. The summed E-state index contributed by atoms with van der Waals surface area (Å²) in [6.45, 7) is 0. The van der Waals surface area contributed by atoms with Gasteiger partial charge in [0.2, 0.25) is 0 Å². The van der Waals surface area contributed by atoms with Crippen molar-refractivity contribution in [3.05, 3.63) is 212 Å². The smallest absolute Gasteiger partial charge is 0.160 e. The molecule has 0 saturated carbocycles. The Morgan fingerprint density at radius 1 is 0.328 bits per heavy atom. The fourth-order valence-corrected chi connectivity index (χ4v) is 8.85. The minimum atomic E-state index is 0.684. The molecule has 0 radical (unpaired) electrons. The monoisotopic (exact) mass is 777 g/mol. The number of para-hydroxylation sites is 1. The number of fused-ring (bicyclic) bond motifs is 8. The molecule has 0 aliphatic heterocycles. The molecule has 12 rings (SSSR count). The highest BCUT2D eigenvalue weighted by Gasteiger charge is 2.19. The molecule has 0 fully saturated rings. The van der Waals surface area contributed by atoms with Crippen LogP contribution < -0.4 is 0 Å². The van der Waals surface area contributed by atoms with Crippen LogP contribution in [0.3, 0.4) is 0 Å². The fourth-order valence-electron chi connectivity index (χ4n) is 8.85. The molecule has 0 N–H and O–H groups in total.